The van der Waals surface area contributed by atoms with E-state index in [-0.39, 0.29) is 29.5 Å². The number of sulfone groups is 1. The summed E-state index contributed by atoms with van der Waals surface area (Å²) in [6.45, 7) is 0.262. The molecule has 3 rings (SSSR count). The largest absolute Gasteiger partial charge is 0.352 e. The molecule has 1 aromatic heterocycles. The van der Waals surface area contributed by atoms with Gasteiger partial charge in [-0.1, -0.05) is 30.3 Å². The molecule has 1 amide bonds. The third kappa shape index (κ3) is 3.73. The summed E-state index contributed by atoms with van der Waals surface area (Å²) in [6, 6.07) is 12.5. The molecule has 0 spiro atoms. The van der Waals surface area contributed by atoms with Crippen molar-refractivity contribution >= 4 is 15.7 Å². The average Bonchev–Trinajstić information content (AvgIpc) is 2.92. The number of rotatable bonds is 4. The Balaban J connectivity index is 1.69. The predicted octanol–water partition coefficient (Wildman–Crippen LogP) is 1.21. The van der Waals surface area contributed by atoms with Gasteiger partial charge >= 0.3 is 0 Å². The fourth-order valence-electron chi connectivity index (χ4n) is 2.80. The molecule has 0 aliphatic carbocycles. The van der Waals surface area contributed by atoms with E-state index in [2.05, 4.69) is 10.3 Å². The summed E-state index contributed by atoms with van der Waals surface area (Å²) >= 11 is 0. The summed E-state index contributed by atoms with van der Waals surface area (Å²) in [5.41, 5.74) is 1.06. The van der Waals surface area contributed by atoms with Crippen molar-refractivity contribution in [2.45, 2.75) is 6.42 Å². The number of hydrogen-bond donors (Lipinski definition) is 2. The SMILES string of the molecule is O=C(NC[C@H]1CCS(=O)(=O)C1)c1ccc(-c2ccccc2)[nH]c1=O. The van der Waals surface area contributed by atoms with Gasteiger partial charge in [0.25, 0.3) is 11.5 Å². The van der Waals surface area contributed by atoms with Crippen LogP contribution in [0.25, 0.3) is 11.3 Å². The predicted molar refractivity (Wildman–Crippen MR) is 91.6 cm³/mol. The van der Waals surface area contributed by atoms with Gasteiger partial charge in [0.2, 0.25) is 0 Å². The lowest BCUT2D eigenvalue weighted by Gasteiger charge is -2.09. The Bertz CT molecular complexity index is 904. The third-order valence-corrected chi connectivity index (χ3v) is 5.95. The smallest absolute Gasteiger partial charge is 0.261 e. The number of aromatic nitrogens is 1. The number of amides is 1. The Labute approximate surface area is 139 Å². The highest BCUT2D eigenvalue weighted by atomic mass is 32.2. The number of pyridine rings is 1. The minimum absolute atomic E-state index is 0.0236. The lowest BCUT2D eigenvalue weighted by Crippen LogP contribution is -2.33. The maximum atomic E-state index is 12.2. The molecule has 6 nitrogen and oxygen atoms in total. The Morgan fingerprint density at radius 1 is 1.17 bits per heavy atom. The van der Waals surface area contributed by atoms with Crippen LogP contribution in [0.5, 0.6) is 0 Å². The average molecular weight is 346 g/mol. The maximum absolute atomic E-state index is 12.2. The van der Waals surface area contributed by atoms with Crippen LogP contribution in [0.4, 0.5) is 0 Å². The van der Waals surface area contributed by atoms with Gasteiger partial charge in [0, 0.05) is 12.2 Å². The Hall–Kier alpha value is -2.41. The molecule has 2 N–H and O–H groups in total. The molecule has 0 bridgehead atoms. The molecule has 7 heteroatoms. The zero-order valence-corrected chi connectivity index (χ0v) is 13.8. The van der Waals surface area contributed by atoms with E-state index in [0.29, 0.717) is 12.1 Å². The monoisotopic (exact) mass is 346 g/mol. The highest BCUT2D eigenvalue weighted by Gasteiger charge is 2.28. The first kappa shape index (κ1) is 16.4. The van der Waals surface area contributed by atoms with E-state index in [1.807, 2.05) is 30.3 Å². The lowest BCUT2D eigenvalue weighted by atomic mass is 10.1. The Morgan fingerprint density at radius 3 is 2.54 bits per heavy atom. The zero-order chi connectivity index (χ0) is 17.2. The molecular weight excluding hydrogens is 328 g/mol. The van der Waals surface area contributed by atoms with Crippen LogP contribution in [0, 0.1) is 5.92 Å². The van der Waals surface area contributed by atoms with Gasteiger partial charge in [0.1, 0.15) is 5.56 Å². The number of carbonyl (C=O) groups is 1. The van der Waals surface area contributed by atoms with E-state index in [0.717, 1.165) is 5.56 Å². The topological polar surface area (TPSA) is 96.1 Å². The molecule has 2 heterocycles. The standard InChI is InChI=1S/C17H18N2O4S/c20-16(18-10-12-8-9-24(22,23)11-12)14-6-7-15(19-17(14)21)13-4-2-1-3-5-13/h1-7,12H,8-11H2,(H,18,20)(H,19,21)/t12-/m1/s1. The summed E-state index contributed by atoms with van der Waals surface area (Å²) in [7, 11) is -2.97. The van der Waals surface area contributed by atoms with Crippen LogP contribution in [0.3, 0.4) is 0 Å². The van der Waals surface area contributed by atoms with Crippen molar-refractivity contribution in [2.24, 2.45) is 5.92 Å². The van der Waals surface area contributed by atoms with Crippen molar-refractivity contribution in [1.82, 2.24) is 10.3 Å². The van der Waals surface area contributed by atoms with E-state index in [9.17, 15) is 18.0 Å². The summed E-state index contributed by atoms with van der Waals surface area (Å²) in [5, 5.41) is 2.66. The van der Waals surface area contributed by atoms with E-state index in [4.69, 9.17) is 0 Å². The number of aromatic amines is 1. The van der Waals surface area contributed by atoms with Crippen molar-refractivity contribution in [2.75, 3.05) is 18.1 Å². The van der Waals surface area contributed by atoms with Crippen LogP contribution in [-0.4, -0.2) is 37.4 Å². The molecule has 0 radical (unpaired) electrons. The van der Waals surface area contributed by atoms with Gasteiger partial charge in [-0.2, -0.15) is 0 Å². The first-order chi connectivity index (χ1) is 11.4. The molecule has 2 aromatic rings. The lowest BCUT2D eigenvalue weighted by molar-refractivity contribution is 0.0947. The first-order valence-corrected chi connectivity index (χ1v) is 9.54. The second-order valence-electron chi connectivity index (χ2n) is 5.96. The van der Waals surface area contributed by atoms with Crippen molar-refractivity contribution in [3.63, 3.8) is 0 Å². The van der Waals surface area contributed by atoms with E-state index in [1.54, 1.807) is 6.07 Å². The molecule has 1 aliphatic rings. The van der Waals surface area contributed by atoms with Crippen LogP contribution >= 0.6 is 0 Å². The zero-order valence-electron chi connectivity index (χ0n) is 13.0. The number of hydrogen-bond acceptors (Lipinski definition) is 4. The molecule has 1 atom stereocenters. The van der Waals surface area contributed by atoms with E-state index >= 15 is 0 Å². The minimum atomic E-state index is -2.97. The molecule has 1 aliphatic heterocycles. The second kappa shape index (κ2) is 6.60. The Kier molecular flexibility index (Phi) is 4.53. The molecule has 24 heavy (non-hydrogen) atoms. The normalized spacial score (nSPS) is 19.1. The number of carbonyl (C=O) groups excluding carboxylic acids is 1. The summed E-state index contributed by atoms with van der Waals surface area (Å²) in [5.74, 6) is -0.307. The number of H-pyrrole nitrogens is 1. The molecule has 1 fully saturated rings. The van der Waals surface area contributed by atoms with Crippen molar-refractivity contribution in [3.05, 3.63) is 58.4 Å². The first-order valence-electron chi connectivity index (χ1n) is 7.72. The van der Waals surface area contributed by atoms with Crippen molar-refractivity contribution in [3.8, 4) is 11.3 Å². The Morgan fingerprint density at radius 2 is 1.92 bits per heavy atom. The quantitative estimate of drug-likeness (QED) is 0.870. The van der Waals surface area contributed by atoms with Crippen LogP contribution in [0.1, 0.15) is 16.8 Å². The van der Waals surface area contributed by atoms with Gasteiger partial charge in [0.15, 0.2) is 9.84 Å². The summed E-state index contributed by atoms with van der Waals surface area (Å²) in [6.07, 6.45) is 0.548. The third-order valence-electron chi connectivity index (χ3n) is 4.12. The van der Waals surface area contributed by atoms with Crippen LogP contribution in [0.15, 0.2) is 47.3 Å². The van der Waals surface area contributed by atoms with Crippen LogP contribution < -0.4 is 10.9 Å². The molecular formula is C17H18N2O4S. The highest BCUT2D eigenvalue weighted by molar-refractivity contribution is 7.91. The fourth-order valence-corrected chi connectivity index (χ4v) is 4.67. The van der Waals surface area contributed by atoms with Gasteiger partial charge in [-0.15, -0.1) is 0 Å². The maximum Gasteiger partial charge on any atom is 0.261 e. The van der Waals surface area contributed by atoms with Gasteiger partial charge < -0.3 is 10.3 Å². The van der Waals surface area contributed by atoms with Crippen molar-refractivity contribution < 1.29 is 13.2 Å². The van der Waals surface area contributed by atoms with Gasteiger partial charge in [-0.05, 0) is 30.0 Å². The molecule has 1 aromatic carbocycles. The number of benzene rings is 1. The summed E-state index contributed by atoms with van der Waals surface area (Å²) < 4.78 is 22.8. The van der Waals surface area contributed by atoms with Gasteiger partial charge in [-0.25, -0.2) is 8.42 Å². The molecule has 126 valence electrons. The van der Waals surface area contributed by atoms with Gasteiger partial charge in [0.05, 0.1) is 11.5 Å². The van der Waals surface area contributed by atoms with E-state index in [1.165, 1.54) is 6.07 Å². The van der Waals surface area contributed by atoms with E-state index < -0.39 is 21.3 Å². The van der Waals surface area contributed by atoms with Crippen LogP contribution in [-0.2, 0) is 9.84 Å². The van der Waals surface area contributed by atoms with Gasteiger partial charge in [-0.3, -0.25) is 9.59 Å². The molecule has 0 unspecified atom stereocenters. The molecule has 1 saturated heterocycles. The summed E-state index contributed by atoms with van der Waals surface area (Å²) in [4.78, 5) is 27.0. The fraction of sp³-hybridized carbons (Fsp3) is 0.294. The second-order valence-corrected chi connectivity index (χ2v) is 8.19. The van der Waals surface area contributed by atoms with Crippen LogP contribution in [0.2, 0.25) is 0 Å². The van der Waals surface area contributed by atoms with Crippen molar-refractivity contribution in [1.29, 1.82) is 0 Å². The highest BCUT2D eigenvalue weighted by Crippen LogP contribution is 2.17. The number of nitrogens with one attached hydrogen (secondary N) is 2. The molecule has 0 saturated carbocycles. The minimum Gasteiger partial charge on any atom is -0.352 e.